The Balaban J connectivity index is 1.17. The summed E-state index contributed by atoms with van der Waals surface area (Å²) < 4.78 is 26.7. The zero-order valence-electron chi connectivity index (χ0n) is 25.7. The maximum absolute atomic E-state index is 12.9. The molecule has 2 amide bonds. The molecule has 242 valence electrons. The van der Waals surface area contributed by atoms with E-state index in [2.05, 4.69) is 4.90 Å². The van der Waals surface area contributed by atoms with Gasteiger partial charge in [0.05, 0.1) is 26.3 Å². The van der Waals surface area contributed by atoms with Gasteiger partial charge in [0, 0.05) is 63.5 Å². The van der Waals surface area contributed by atoms with E-state index in [1.54, 1.807) is 47.9 Å². The van der Waals surface area contributed by atoms with Crippen LogP contribution in [0.4, 0.5) is 4.79 Å². The monoisotopic (exact) mass is 617 g/mol. The fourth-order valence-electron chi connectivity index (χ4n) is 5.41. The van der Waals surface area contributed by atoms with Crippen molar-refractivity contribution in [3.63, 3.8) is 0 Å². The summed E-state index contributed by atoms with van der Waals surface area (Å²) in [6.07, 6.45) is 1.12. The number of benzene rings is 1. The van der Waals surface area contributed by atoms with E-state index in [0.717, 1.165) is 0 Å². The molecule has 0 saturated carbocycles. The minimum Gasteiger partial charge on any atom is -0.482 e. The second-order valence-electron chi connectivity index (χ2n) is 11.6. The van der Waals surface area contributed by atoms with Gasteiger partial charge in [0.2, 0.25) is 5.91 Å². The number of amides is 2. The molecule has 3 aliphatic heterocycles. The molecule has 0 spiro atoms. The van der Waals surface area contributed by atoms with Crippen LogP contribution in [-0.2, 0) is 33.3 Å². The van der Waals surface area contributed by atoms with E-state index in [-0.39, 0.29) is 49.5 Å². The minimum absolute atomic E-state index is 0.0199. The van der Waals surface area contributed by atoms with E-state index >= 15 is 0 Å². The Kier molecular flexibility index (Phi) is 12.0. The van der Waals surface area contributed by atoms with Crippen molar-refractivity contribution in [3.8, 4) is 5.75 Å². The summed E-state index contributed by atoms with van der Waals surface area (Å²) in [4.78, 5) is 67.1. The third kappa shape index (κ3) is 9.65. The van der Waals surface area contributed by atoms with Crippen molar-refractivity contribution in [2.75, 3.05) is 59.1 Å². The highest BCUT2D eigenvalue weighted by Gasteiger charge is 2.34. The standard InChI is InChI=1S/C31H43N3O10/c1-21(2)30(42-22(3)35)44-31(39)32-12-8-24(9-13-32)33-14-15-34(28(37)19-33)18-27(36)23-4-6-25(7-5-23)41-20-29(38)43-26-10-16-40-17-11-26/h4-7,21,24,26,30H,8-20H2,1-3H3. The van der Waals surface area contributed by atoms with Crippen molar-refractivity contribution in [3.05, 3.63) is 29.8 Å². The molecule has 3 aliphatic rings. The maximum atomic E-state index is 12.9. The first-order valence-corrected chi connectivity index (χ1v) is 15.3. The number of nitrogens with zero attached hydrogens (tertiary/aromatic N) is 3. The van der Waals surface area contributed by atoms with E-state index in [1.807, 2.05) is 0 Å². The van der Waals surface area contributed by atoms with Crippen molar-refractivity contribution in [1.82, 2.24) is 14.7 Å². The second-order valence-corrected chi connectivity index (χ2v) is 11.6. The highest BCUT2D eigenvalue weighted by Crippen LogP contribution is 2.21. The lowest BCUT2D eigenvalue weighted by atomic mass is 10.0. The predicted molar refractivity (Wildman–Crippen MR) is 156 cm³/mol. The van der Waals surface area contributed by atoms with Crippen LogP contribution in [0.1, 0.15) is 56.8 Å². The molecule has 0 aliphatic carbocycles. The third-order valence-electron chi connectivity index (χ3n) is 7.96. The van der Waals surface area contributed by atoms with Gasteiger partial charge in [-0.3, -0.25) is 19.3 Å². The quantitative estimate of drug-likeness (QED) is 0.205. The Morgan fingerprint density at radius 1 is 0.932 bits per heavy atom. The van der Waals surface area contributed by atoms with E-state index in [0.29, 0.717) is 76.4 Å². The van der Waals surface area contributed by atoms with Crippen LogP contribution in [0.5, 0.6) is 5.75 Å². The SMILES string of the molecule is CC(=O)OC(OC(=O)N1CCC(N2CCN(CC(=O)c3ccc(OCC(=O)OC4CCOCC4)cc3)C(=O)C2)CC1)C(C)C. The predicted octanol–water partition coefficient (Wildman–Crippen LogP) is 2.26. The number of carbonyl (C=O) groups is 5. The highest BCUT2D eigenvalue weighted by molar-refractivity contribution is 5.99. The lowest BCUT2D eigenvalue weighted by Gasteiger charge is -2.42. The molecule has 1 aromatic rings. The number of Topliss-reactive ketones (excluding diaryl/α,β-unsaturated/α-hetero) is 1. The van der Waals surface area contributed by atoms with Crippen LogP contribution in [0.2, 0.25) is 0 Å². The minimum atomic E-state index is -0.935. The van der Waals surface area contributed by atoms with Crippen LogP contribution in [-0.4, -0.2) is 122 Å². The molecule has 44 heavy (non-hydrogen) atoms. The maximum Gasteiger partial charge on any atom is 0.412 e. The number of esters is 2. The number of piperazine rings is 1. The van der Waals surface area contributed by atoms with Crippen LogP contribution in [0.3, 0.4) is 0 Å². The molecule has 0 N–H and O–H groups in total. The number of piperidine rings is 1. The molecule has 0 radical (unpaired) electrons. The number of likely N-dealkylation sites (tertiary alicyclic amines) is 1. The van der Waals surface area contributed by atoms with Gasteiger partial charge in [0.15, 0.2) is 12.4 Å². The summed E-state index contributed by atoms with van der Waals surface area (Å²) in [5.74, 6) is -0.983. The lowest BCUT2D eigenvalue weighted by Crippen LogP contribution is -2.56. The van der Waals surface area contributed by atoms with Crippen LogP contribution < -0.4 is 4.74 Å². The van der Waals surface area contributed by atoms with Crippen molar-refractivity contribution >= 4 is 29.7 Å². The molecular formula is C31H43N3O10. The second kappa shape index (κ2) is 15.8. The smallest absolute Gasteiger partial charge is 0.412 e. The summed E-state index contributed by atoms with van der Waals surface area (Å²) in [5.41, 5.74) is 0.449. The summed E-state index contributed by atoms with van der Waals surface area (Å²) in [7, 11) is 0. The first-order valence-electron chi connectivity index (χ1n) is 15.3. The topological polar surface area (TPSA) is 141 Å². The van der Waals surface area contributed by atoms with Gasteiger partial charge in [-0.15, -0.1) is 0 Å². The van der Waals surface area contributed by atoms with Crippen LogP contribution >= 0.6 is 0 Å². The van der Waals surface area contributed by atoms with Gasteiger partial charge >= 0.3 is 18.0 Å². The van der Waals surface area contributed by atoms with E-state index < -0.39 is 24.3 Å². The van der Waals surface area contributed by atoms with Crippen LogP contribution in [0.25, 0.3) is 0 Å². The van der Waals surface area contributed by atoms with Crippen molar-refractivity contribution in [1.29, 1.82) is 0 Å². The van der Waals surface area contributed by atoms with Gasteiger partial charge < -0.3 is 33.5 Å². The number of hydrogen-bond acceptors (Lipinski definition) is 11. The normalized spacial score (nSPS) is 19.4. The Bertz CT molecular complexity index is 1160. The fraction of sp³-hybridized carbons (Fsp3) is 0.645. The van der Waals surface area contributed by atoms with Gasteiger partial charge in [0.1, 0.15) is 11.9 Å². The Morgan fingerprint density at radius 2 is 1.61 bits per heavy atom. The van der Waals surface area contributed by atoms with Gasteiger partial charge in [-0.05, 0) is 37.1 Å². The molecule has 0 bridgehead atoms. The number of rotatable bonds is 11. The van der Waals surface area contributed by atoms with Crippen LogP contribution in [0.15, 0.2) is 24.3 Å². The summed E-state index contributed by atoms with van der Waals surface area (Å²) in [6.45, 7) is 8.02. The van der Waals surface area contributed by atoms with Crippen molar-refractivity contribution in [2.45, 2.75) is 64.9 Å². The van der Waals surface area contributed by atoms with Gasteiger partial charge in [-0.2, -0.15) is 0 Å². The summed E-state index contributed by atoms with van der Waals surface area (Å²) in [6, 6.07) is 6.62. The van der Waals surface area contributed by atoms with E-state index in [9.17, 15) is 24.0 Å². The van der Waals surface area contributed by atoms with Gasteiger partial charge in [-0.1, -0.05) is 13.8 Å². The van der Waals surface area contributed by atoms with Gasteiger partial charge in [-0.25, -0.2) is 9.59 Å². The average molecular weight is 618 g/mol. The molecule has 3 saturated heterocycles. The molecular weight excluding hydrogens is 574 g/mol. The van der Waals surface area contributed by atoms with Gasteiger partial charge in [0.25, 0.3) is 6.29 Å². The summed E-state index contributed by atoms with van der Waals surface area (Å²) in [5, 5.41) is 0. The molecule has 1 atom stereocenters. The molecule has 3 fully saturated rings. The van der Waals surface area contributed by atoms with Crippen molar-refractivity contribution < 1.29 is 47.7 Å². The first kappa shape index (κ1) is 33.2. The molecule has 13 heteroatoms. The average Bonchev–Trinajstić information content (AvgIpc) is 3.01. The number of ether oxygens (including phenoxy) is 5. The number of hydrogen-bond donors (Lipinski definition) is 0. The molecule has 4 rings (SSSR count). The highest BCUT2D eigenvalue weighted by atomic mass is 16.7. The first-order chi connectivity index (χ1) is 21.1. The summed E-state index contributed by atoms with van der Waals surface area (Å²) >= 11 is 0. The number of ketones is 1. The Labute approximate surface area is 257 Å². The number of carbonyl (C=O) groups excluding carboxylic acids is 5. The van der Waals surface area contributed by atoms with E-state index in [1.165, 1.54) is 6.92 Å². The molecule has 1 unspecified atom stereocenters. The zero-order valence-corrected chi connectivity index (χ0v) is 25.7. The molecule has 3 heterocycles. The van der Waals surface area contributed by atoms with E-state index in [4.69, 9.17) is 23.7 Å². The Morgan fingerprint density at radius 3 is 2.23 bits per heavy atom. The van der Waals surface area contributed by atoms with Crippen LogP contribution in [0, 0.1) is 5.92 Å². The molecule has 1 aromatic carbocycles. The third-order valence-corrected chi connectivity index (χ3v) is 7.96. The molecule has 13 nitrogen and oxygen atoms in total. The van der Waals surface area contributed by atoms with Crippen molar-refractivity contribution in [2.24, 2.45) is 5.92 Å². The molecule has 0 aromatic heterocycles. The lowest BCUT2D eigenvalue weighted by molar-refractivity contribution is -0.174. The zero-order chi connectivity index (χ0) is 31.6. The largest absolute Gasteiger partial charge is 0.482 e. The fourth-order valence-corrected chi connectivity index (χ4v) is 5.41. The Hall–Kier alpha value is -3.71.